The molecule has 0 aromatic heterocycles. The molecule has 1 aliphatic heterocycles. The fourth-order valence-electron chi connectivity index (χ4n) is 2.75. The van der Waals surface area contributed by atoms with Gasteiger partial charge in [-0.3, -0.25) is 4.79 Å². The van der Waals surface area contributed by atoms with E-state index in [4.69, 9.17) is 5.11 Å². The average Bonchev–Trinajstić information content (AvgIpc) is 2.59. The van der Waals surface area contributed by atoms with Gasteiger partial charge in [0.25, 0.3) is 0 Å². The van der Waals surface area contributed by atoms with Gasteiger partial charge in [-0.1, -0.05) is 12.1 Å². The minimum absolute atomic E-state index is 0.0360. The third kappa shape index (κ3) is 4.50. The largest absolute Gasteiger partial charge is 0.417 e. The van der Waals surface area contributed by atoms with Crippen molar-refractivity contribution in [3.05, 3.63) is 29.8 Å². The number of benzene rings is 1. The van der Waals surface area contributed by atoms with E-state index in [1.54, 1.807) is 0 Å². The Hall–Kier alpha value is -1.65. The molecule has 140 valence electrons. The molecule has 1 aliphatic rings. The lowest BCUT2D eigenvalue weighted by Gasteiger charge is -2.31. The standard InChI is InChI=1S/C15H19F3N2O4S/c16-15(17,18)12-3-1-2-4-13(12)25(23,24)20-8-5-11(6-9-20)14(22)19-7-10-21/h1-4,11,21H,5-10H2,(H,19,22). The number of amides is 1. The first kappa shape index (κ1) is 19.7. The van der Waals surface area contributed by atoms with Crippen LogP contribution in [0.5, 0.6) is 0 Å². The zero-order valence-corrected chi connectivity index (χ0v) is 14.1. The first-order valence-corrected chi connectivity index (χ1v) is 9.17. The number of nitrogens with one attached hydrogen (secondary N) is 1. The number of halogens is 3. The van der Waals surface area contributed by atoms with Gasteiger partial charge in [-0.05, 0) is 25.0 Å². The highest BCUT2D eigenvalue weighted by Gasteiger charge is 2.40. The van der Waals surface area contributed by atoms with Crippen LogP contribution < -0.4 is 5.32 Å². The molecule has 0 spiro atoms. The molecular formula is C15H19F3N2O4S. The Bertz CT molecular complexity index is 714. The van der Waals surface area contributed by atoms with E-state index in [0.717, 1.165) is 22.5 Å². The van der Waals surface area contributed by atoms with Crippen LogP contribution in [0.3, 0.4) is 0 Å². The maximum Gasteiger partial charge on any atom is 0.417 e. The van der Waals surface area contributed by atoms with E-state index in [1.165, 1.54) is 6.07 Å². The third-order valence-corrected chi connectivity index (χ3v) is 6.00. The lowest BCUT2D eigenvalue weighted by atomic mass is 9.97. The molecule has 6 nitrogen and oxygen atoms in total. The number of aliphatic hydroxyl groups is 1. The Morgan fingerprint density at radius 3 is 2.40 bits per heavy atom. The molecule has 0 bridgehead atoms. The lowest BCUT2D eigenvalue weighted by Crippen LogP contribution is -2.43. The van der Waals surface area contributed by atoms with E-state index in [-0.39, 0.29) is 45.0 Å². The third-order valence-electron chi connectivity index (χ3n) is 4.05. The summed E-state index contributed by atoms with van der Waals surface area (Å²) in [6.07, 6.45) is -4.35. The van der Waals surface area contributed by atoms with Crippen molar-refractivity contribution in [3.63, 3.8) is 0 Å². The Kier molecular flexibility index (Phi) is 6.07. The fraction of sp³-hybridized carbons (Fsp3) is 0.533. The number of nitrogens with zero attached hydrogens (tertiary/aromatic N) is 1. The minimum atomic E-state index is -4.77. The highest BCUT2D eigenvalue weighted by molar-refractivity contribution is 7.89. The highest BCUT2D eigenvalue weighted by atomic mass is 32.2. The first-order valence-electron chi connectivity index (χ1n) is 7.73. The number of alkyl halides is 3. The van der Waals surface area contributed by atoms with Gasteiger partial charge < -0.3 is 10.4 Å². The van der Waals surface area contributed by atoms with Gasteiger partial charge in [-0.15, -0.1) is 0 Å². The molecule has 0 saturated carbocycles. The van der Waals surface area contributed by atoms with E-state index >= 15 is 0 Å². The topological polar surface area (TPSA) is 86.7 Å². The number of aliphatic hydroxyl groups excluding tert-OH is 1. The second-order valence-corrected chi connectivity index (χ2v) is 7.59. The van der Waals surface area contributed by atoms with E-state index < -0.39 is 32.6 Å². The van der Waals surface area contributed by atoms with Crippen molar-refractivity contribution in [2.75, 3.05) is 26.2 Å². The normalized spacial score (nSPS) is 17.4. The monoisotopic (exact) mass is 380 g/mol. The summed E-state index contributed by atoms with van der Waals surface area (Å²) < 4.78 is 65.4. The molecule has 1 fully saturated rings. The Morgan fingerprint density at radius 2 is 1.84 bits per heavy atom. The number of hydrogen-bond acceptors (Lipinski definition) is 4. The number of carbonyl (C=O) groups is 1. The summed E-state index contributed by atoms with van der Waals surface area (Å²) in [5, 5.41) is 11.2. The highest BCUT2D eigenvalue weighted by Crippen LogP contribution is 2.36. The van der Waals surface area contributed by atoms with Crippen molar-refractivity contribution in [3.8, 4) is 0 Å². The number of sulfonamides is 1. The van der Waals surface area contributed by atoms with Crippen LogP contribution in [-0.4, -0.2) is 50.0 Å². The van der Waals surface area contributed by atoms with Crippen molar-refractivity contribution in [2.45, 2.75) is 23.9 Å². The Morgan fingerprint density at radius 1 is 1.24 bits per heavy atom. The molecule has 1 amide bonds. The summed E-state index contributed by atoms with van der Waals surface area (Å²) in [5.74, 6) is -0.711. The molecule has 0 atom stereocenters. The molecule has 0 radical (unpaired) electrons. The summed E-state index contributed by atoms with van der Waals surface area (Å²) in [6, 6.07) is 4.07. The van der Waals surface area contributed by atoms with Crippen molar-refractivity contribution in [2.24, 2.45) is 5.92 Å². The van der Waals surface area contributed by atoms with Crippen LogP contribution in [-0.2, 0) is 21.0 Å². The van der Waals surface area contributed by atoms with Crippen LogP contribution in [0.15, 0.2) is 29.2 Å². The van der Waals surface area contributed by atoms with Crippen LogP contribution in [0, 0.1) is 5.92 Å². The molecule has 2 N–H and O–H groups in total. The molecule has 1 heterocycles. The number of piperidine rings is 1. The van der Waals surface area contributed by atoms with Crippen molar-refractivity contribution >= 4 is 15.9 Å². The molecule has 1 saturated heterocycles. The zero-order chi connectivity index (χ0) is 18.7. The maximum absolute atomic E-state index is 13.1. The Balaban J connectivity index is 2.15. The van der Waals surface area contributed by atoms with E-state index in [9.17, 15) is 26.4 Å². The van der Waals surface area contributed by atoms with Crippen molar-refractivity contribution < 1.29 is 31.5 Å². The number of carbonyl (C=O) groups excluding carboxylic acids is 1. The molecule has 1 aromatic rings. The molecular weight excluding hydrogens is 361 g/mol. The van der Waals surface area contributed by atoms with Gasteiger partial charge in [0.15, 0.2) is 0 Å². The minimum Gasteiger partial charge on any atom is -0.395 e. The van der Waals surface area contributed by atoms with Gasteiger partial charge in [-0.25, -0.2) is 8.42 Å². The van der Waals surface area contributed by atoms with Crippen LogP contribution in [0.4, 0.5) is 13.2 Å². The predicted molar refractivity (Wildman–Crippen MR) is 83.0 cm³/mol. The Labute approximate surface area is 143 Å². The van der Waals surface area contributed by atoms with Gasteiger partial charge >= 0.3 is 6.18 Å². The number of rotatable bonds is 5. The van der Waals surface area contributed by atoms with Gasteiger partial charge in [0.2, 0.25) is 15.9 Å². The molecule has 0 unspecified atom stereocenters. The van der Waals surface area contributed by atoms with Crippen molar-refractivity contribution in [1.82, 2.24) is 9.62 Å². The predicted octanol–water partition coefficient (Wildman–Crippen LogP) is 1.21. The summed E-state index contributed by atoms with van der Waals surface area (Å²) in [5.41, 5.74) is -1.20. The lowest BCUT2D eigenvalue weighted by molar-refractivity contribution is -0.139. The van der Waals surface area contributed by atoms with Crippen LogP contribution in [0.1, 0.15) is 18.4 Å². The van der Waals surface area contributed by atoms with E-state index in [2.05, 4.69) is 5.32 Å². The summed E-state index contributed by atoms with van der Waals surface area (Å²) in [6.45, 7) is -0.166. The van der Waals surface area contributed by atoms with E-state index in [0.29, 0.717) is 0 Å². The van der Waals surface area contributed by atoms with Crippen LogP contribution in [0.25, 0.3) is 0 Å². The molecule has 1 aromatic carbocycles. The summed E-state index contributed by atoms with van der Waals surface area (Å²) in [7, 11) is -4.30. The quantitative estimate of drug-likeness (QED) is 0.804. The zero-order valence-electron chi connectivity index (χ0n) is 13.3. The molecule has 2 rings (SSSR count). The van der Waals surface area contributed by atoms with Gasteiger partial charge in [0.05, 0.1) is 17.1 Å². The summed E-state index contributed by atoms with van der Waals surface area (Å²) >= 11 is 0. The van der Waals surface area contributed by atoms with Gasteiger partial charge in [0, 0.05) is 25.6 Å². The SMILES string of the molecule is O=C(NCCO)C1CCN(S(=O)(=O)c2ccccc2C(F)(F)F)CC1. The van der Waals surface area contributed by atoms with Gasteiger partial charge in [0.1, 0.15) is 0 Å². The van der Waals surface area contributed by atoms with Crippen LogP contribution >= 0.6 is 0 Å². The fourth-order valence-corrected chi connectivity index (χ4v) is 4.43. The maximum atomic E-state index is 13.1. The smallest absolute Gasteiger partial charge is 0.395 e. The second-order valence-electron chi connectivity index (χ2n) is 5.69. The molecule has 25 heavy (non-hydrogen) atoms. The number of hydrogen-bond donors (Lipinski definition) is 2. The molecule has 10 heteroatoms. The van der Waals surface area contributed by atoms with Crippen LogP contribution in [0.2, 0.25) is 0 Å². The average molecular weight is 380 g/mol. The van der Waals surface area contributed by atoms with Crippen molar-refractivity contribution in [1.29, 1.82) is 0 Å². The van der Waals surface area contributed by atoms with E-state index in [1.807, 2.05) is 0 Å². The summed E-state index contributed by atoms with van der Waals surface area (Å²) in [4.78, 5) is 11.1. The second kappa shape index (κ2) is 7.71. The van der Waals surface area contributed by atoms with Gasteiger partial charge in [-0.2, -0.15) is 17.5 Å². The molecule has 0 aliphatic carbocycles. The first-order chi connectivity index (χ1) is 11.7.